The van der Waals surface area contributed by atoms with Gasteiger partial charge in [-0.2, -0.15) is 0 Å². The molecule has 1 aromatic carbocycles. The molecule has 0 bridgehead atoms. The normalized spacial score (nSPS) is 13.0. The molecule has 1 aromatic rings. The Morgan fingerprint density at radius 2 is 1.95 bits per heavy atom. The van der Waals surface area contributed by atoms with Crippen LogP contribution in [0.25, 0.3) is 0 Å². The zero-order valence-corrected chi connectivity index (χ0v) is 11.1. The zero-order chi connectivity index (χ0) is 15.0. The van der Waals surface area contributed by atoms with Crippen molar-refractivity contribution in [3.8, 4) is 0 Å². The highest BCUT2D eigenvalue weighted by Crippen LogP contribution is 2.26. The molecule has 0 saturated carbocycles. The molecule has 9 heteroatoms. The summed E-state index contributed by atoms with van der Waals surface area (Å²) in [6, 6.07) is 1.23. The molecule has 0 saturated heterocycles. The van der Waals surface area contributed by atoms with E-state index < -0.39 is 48.3 Å². The molecule has 1 atom stereocenters. The minimum atomic E-state index is -4.27. The Morgan fingerprint density at radius 1 is 1.42 bits per heavy atom. The van der Waals surface area contributed by atoms with Crippen LogP contribution in [-0.2, 0) is 14.6 Å². The van der Waals surface area contributed by atoms with Crippen molar-refractivity contribution in [3.63, 3.8) is 0 Å². The Balaban J connectivity index is 3.54. The van der Waals surface area contributed by atoms with E-state index in [9.17, 15) is 22.4 Å². The van der Waals surface area contributed by atoms with Gasteiger partial charge in [0, 0.05) is 0 Å². The van der Waals surface area contributed by atoms with Crippen molar-refractivity contribution in [2.45, 2.75) is 17.1 Å². The Bertz CT molecular complexity index is 658. The van der Waals surface area contributed by atoms with Gasteiger partial charge in [-0.15, -0.1) is 0 Å². The van der Waals surface area contributed by atoms with Gasteiger partial charge in [0.05, 0.1) is 15.5 Å². The van der Waals surface area contributed by atoms with Crippen LogP contribution in [0, 0.1) is 5.82 Å². The van der Waals surface area contributed by atoms with Crippen LogP contribution < -0.4 is 5.73 Å². The van der Waals surface area contributed by atoms with E-state index in [2.05, 4.69) is 0 Å². The van der Waals surface area contributed by atoms with Crippen LogP contribution in [0.3, 0.4) is 0 Å². The Kier molecular flexibility index (Phi) is 4.16. The molecular formula is C10H9ClFNO5S. The number of hydrogen-bond acceptors (Lipinski definition) is 4. The molecule has 1 unspecified atom stereocenters. The van der Waals surface area contributed by atoms with Crippen molar-refractivity contribution in [1.29, 1.82) is 0 Å². The number of amides is 1. The quantitative estimate of drug-likeness (QED) is 0.854. The lowest BCUT2D eigenvalue weighted by Gasteiger charge is -2.11. The maximum absolute atomic E-state index is 13.4. The van der Waals surface area contributed by atoms with Gasteiger partial charge >= 0.3 is 5.97 Å². The number of carboxylic acid groups (broad SMARTS) is 1. The second kappa shape index (κ2) is 5.14. The predicted octanol–water partition coefficient (Wildman–Crippen LogP) is 0.825. The molecule has 0 fully saturated rings. The highest BCUT2D eigenvalue weighted by molar-refractivity contribution is 7.92. The summed E-state index contributed by atoms with van der Waals surface area (Å²) >= 11 is 5.41. The van der Waals surface area contributed by atoms with Crippen molar-refractivity contribution in [1.82, 2.24) is 0 Å². The minimum absolute atomic E-state index is 0.545. The van der Waals surface area contributed by atoms with Crippen molar-refractivity contribution < 1.29 is 27.5 Å². The average Bonchev–Trinajstić information content (AvgIpc) is 2.30. The van der Waals surface area contributed by atoms with E-state index >= 15 is 0 Å². The van der Waals surface area contributed by atoms with E-state index in [0.29, 0.717) is 12.1 Å². The minimum Gasteiger partial charge on any atom is -0.478 e. The molecule has 0 aromatic heterocycles. The van der Waals surface area contributed by atoms with Gasteiger partial charge in [-0.3, -0.25) is 4.79 Å². The van der Waals surface area contributed by atoms with E-state index in [4.69, 9.17) is 22.4 Å². The summed E-state index contributed by atoms with van der Waals surface area (Å²) in [6.07, 6.45) is 0. The van der Waals surface area contributed by atoms with Gasteiger partial charge in [-0.1, -0.05) is 11.6 Å². The molecule has 0 heterocycles. The Labute approximate surface area is 112 Å². The number of halogens is 2. The predicted molar refractivity (Wildman–Crippen MR) is 64.2 cm³/mol. The number of benzene rings is 1. The lowest BCUT2D eigenvalue weighted by atomic mass is 10.2. The third-order valence-corrected chi connectivity index (χ3v) is 4.87. The number of nitrogens with two attached hydrogens (primary N) is 1. The van der Waals surface area contributed by atoms with Gasteiger partial charge in [0.25, 0.3) is 0 Å². The molecule has 104 valence electrons. The molecule has 3 N–H and O–H groups in total. The number of rotatable bonds is 4. The van der Waals surface area contributed by atoms with Gasteiger partial charge in [0.1, 0.15) is 11.1 Å². The molecule has 19 heavy (non-hydrogen) atoms. The molecule has 1 amide bonds. The molecule has 0 aliphatic heterocycles. The van der Waals surface area contributed by atoms with Crippen LogP contribution in [0.15, 0.2) is 17.0 Å². The van der Waals surface area contributed by atoms with E-state index in [-0.39, 0.29) is 0 Å². The molecule has 0 aliphatic rings. The number of primary amides is 1. The summed E-state index contributed by atoms with van der Waals surface area (Å²) in [6.45, 7) is 1.02. The summed E-state index contributed by atoms with van der Waals surface area (Å²) in [5, 5.41) is 6.46. The number of hydrogen-bond donors (Lipinski definition) is 2. The molecular weight excluding hydrogens is 301 g/mol. The highest BCUT2D eigenvalue weighted by Gasteiger charge is 2.30. The smallest absolute Gasteiger partial charge is 0.337 e. The van der Waals surface area contributed by atoms with Crippen LogP contribution in [0.2, 0.25) is 5.02 Å². The lowest BCUT2D eigenvalue weighted by Crippen LogP contribution is -2.33. The number of sulfone groups is 1. The van der Waals surface area contributed by atoms with Crippen molar-refractivity contribution in [3.05, 3.63) is 28.5 Å². The fourth-order valence-corrected chi connectivity index (χ4v) is 2.70. The number of aromatic carboxylic acids is 1. The molecule has 1 rings (SSSR count). The van der Waals surface area contributed by atoms with E-state index in [0.717, 1.165) is 6.92 Å². The van der Waals surface area contributed by atoms with Crippen molar-refractivity contribution >= 4 is 33.3 Å². The van der Waals surface area contributed by atoms with Gasteiger partial charge in [-0.25, -0.2) is 17.6 Å². The van der Waals surface area contributed by atoms with E-state index in [1.165, 1.54) is 0 Å². The van der Waals surface area contributed by atoms with Crippen LogP contribution in [0.1, 0.15) is 17.3 Å². The highest BCUT2D eigenvalue weighted by atomic mass is 35.5. The Hall–Kier alpha value is -1.67. The maximum Gasteiger partial charge on any atom is 0.337 e. The average molecular weight is 310 g/mol. The van der Waals surface area contributed by atoms with E-state index in [1.807, 2.05) is 0 Å². The first-order valence-electron chi connectivity index (χ1n) is 4.84. The first-order valence-corrected chi connectivity index (χ1v) is 6.77. The third kappa shape index (κ3) is 2.85. The molecule has 0 spiro atoms. The van der Waals surface area contributed by atoms with Crippen molar-refractivity contribution in [2.24, 2.45) is 5.73 Å². The lowest BCUT2D eigenvalue weighted by molar-refractivity contribution is -0.117. The maximum atomic E-state index is 13.4. The first kappa shape index (κ1) is 15.4. The topological polar surface area (TPSA) is 115 Å². The second-order valence-electron chi connectivity index (χ2n) is 3.66. The Morgan fingerprint density at radius 3 is 2.37 bits per heavy atom. The second-order valence-corrected chi connectivity index (χ2v) is 6.31. The monoisotopic (exact) mass is 309 g/mol. The van der Waals surface area contributed by atoms with Gasteiger partial charge in [0.2, 0.25) is 5.91 Å². The van der Waals surface area contributed by atoms with Gasteiger partial charge < -0.3 is 10.8 Å². The summed E-state index contributed by atoms with van der Waals surface area (Å²) in [5.74, 6) is -3.93. The molecule has 0 radical (unpaired) electrons. The summed E-state index contributed by atoms with van der Waals surface area (Å²) in [5.41, 5.74) is 4.16. The summed E-state index contributed by atoms with van der Waals surface area (Å²) < 4.78 is 37.2. The van der Waals surface area contributed by atoms with Crippen LogP contribution in [0.4, 0.5) is 4.39 Å². The number of carbonyl (C=O) groups excluding carboxylic acids is 1. The molecule has 6 nitrogen and oxygen atoms in total. The first-order chi connectivity index (χ1) is 8.59. The largest absolute Gasteiger partial charge is 0.478 e. The zero-order valence-electron chi connectivity index (χ0n) is 9.55. The fourth-order valence-electron chi connectivity index (χ4n) is 1.24. The fraction of sp³-hybridized carbons (Fsp3) is 0.200. The van der Waals surface area contributed by atoms with E-state index in [1.54, 1.807) is 0 Å². The summed E-state index contributed by atoms with van der Waals surface area (Å²) in [4.78, 5) is 21.0. The van der Waals surface area contributed by atoms with Crippen LogP contribution >= 0.6 is 11.6 Å². The summed E-state index contributed by atoms with van der Waals surface area (Å²) in [7, 11) is -4.27. The number of carbonyl (C=O) groups is 2. The van der Waals surface area contributed by atoms with Crippen LogP contribution in [0.5, 0.6) is 0 Å². The SMILES string of the molecule is CC(C(N)=O)S(=O)(=O)c1cc(F)c(Cl)c(C(=O)O)c1. The molecule has 0 aliphatic carbocycles. The third-order valence-electron chi connectivity index (χ3n) is 2.43. The van der Waals surface area contributed by atoms with Crippen LogP contribution in [-0.4, -0.2) is 30.7 Å². The number of carboxylic acids is 1. The van der Waals surface area contributed by atoms with Crippen molar-refractivity contribution in [2.75, 3.05) is 0 Å². The van der Waals surface area contributed by atoms with Gasteiger partial charge in [0.15, 0.2) is 9.84 Å². The standard InChI is InChI=1S/C10H9ClFNO5S/c1-4(9(13)14)19(17,18)5-2-6(10(15)16)8(11)7(12)3-5/h2-4H,1H3,(H2,13,14)(H,15,16). The van der Waals surface area contributed by atoms with Gasteiger partial charge in [-0.05, 0) is 19.1 Å².